The molecule has 1 aromatic heterocycles. The van der Waals surface area contributed by atoms with Crippen LogP contribution in [-0.4, -0.2) is 5.78 Å². The van der Waals surface area contributed by atoms with Gasteiger partial charge >= 0.3 is 0 Å². The lowest BCUT2D eigenvalue weighted by Crippen LogP contribution is -2.03. The summed E-state index contributed by atoms with van der Waals surface area (Å²) in [5.74, 6) is 0.123. The van der Waals surface area contributed by atoms with Gasteiger partial charge in [-0.3, -0.25) is 4.79 Å². The highest BCUT2D eigenvalue weighted by Crippen LogP contribution is 2.18. The molecule has 1 aromatic carbocycles. The van der Waals surface area contributed by atoms with E-state index in [1.807, 2.05) is 48.9 Å². The first-order chi connectivity index (χ1) is 7.20. The number of aryl methyl sites for hydroxylation is 1. The number of hydrogen-bond acceptors (Lipinski definition) is 2. The number of carbonyl (C=O) groups is 1. The summed E-state index contributed by atoms with van der Waals surface area (Å²) in [6.45, 7) is 4.02. The minimum Gasteiger partial charge on any atom is -0.289 e. The van der Waals surface area contributed by atoms with Gasteiger partial charge in [-0.15, -0.1) is 0 Å². The minimum atomic E-state index is 0.123. The molecule has 2 aromatic rings. The molecule has 76 valence electrons. The smallest absolute Gasteiger partial charge is 0.194 e. The maximum absolute atomic E-state index is 12.1. The lowest BCUT2D eigenvalue weighted by atomic mass is 9.98. The normalized spacial score (nSPS) is 10.3. The number of hydrogen-bond donors (Lipinski definition) is 0. The van der Waals surface area contributed by atoms with Gasteiger partial charge in [0.15, 0.2) is 5.78 Å². The van der Waals surface area contributed by atoms with Crippen LogP contribution in [0.2, 0.25) is 0 Å². The monoisotopic (exact) mass is 216 g/mol. The summed E-state index contributed by atoms with van der Waals surface area (Å²) < 4.78 is 0. The molecule has 0 spiro atoms. The fourth-order valence-electron chi connectivity index (χ4n) is 1.55. The van der Waals surface area contributed by atoms with E-state index in [0.717, 1.165) is 22.3 Å². The first-order valence-electron chi connectivity index (χ1n) is 4.83. The van der Waals surface area contributed by atoms with E-state index in [2.05, 4.69) is 0 Å². The van der Waals surface area contributed by atoms with E-state index < -0.39 is 0 Å². The van der Waals surface area contributed by atoms with Gasteiger partial charge in [0, 0.05) is 16.5 Å². The Labute approximate surface area is 93.4 Å². The zero-order valence-corrected chi connectivity index (χ0v) is 9.60. The second-order valence-corrected chi connectivity index (χ2v) is 4.37. The Kier molecular flexibility index (Phi) is 2.69. The van der Waals surface area contributed by atoms with E-state index in [9.17, 15) is 4.79 Å². The highest BCUT2D eigenvalue weighted by molar-refractivity contribution is 7.08. The molecule has 0 amide bonds. The predicted octanol–water partition coefficient (Wildman–Crippen LogP) is 3.60. The van der Waals surface area contributed by atoms with Crippen molar-refractivity contribution in [1.29, 1.82) is 0 Å². The first-order valence-corrected chi connectivity index (χ1v) is 5.77. The molecule has 0 unspecified atom stereocenters. The van der Waals surface area contributed by atoms with Gasteiger partial charge in [-0.2, -0.15) is 11.3 Å². The van der Waals surface area contributed by atoms with Crippen LogP contribution in [0.15, 0.2) is 35.0 Å². The molecule has 0 N–H and O–H groups in total. The van der Waals surface area contributed by atoms with E-state index in [4.69, 9.17) is 0 Å². The van der Waals surface area contributed by atoms with Crippen molar-refractivity contribution in [2.45, 2.75) is 13.8 Å². The molecular weight excluding hydrogens is 204 g/mol. The van der Waals surface area contributed by atoms with Crippen LogP contribution in [0, 0.1) is 13.8 Å². The van der Waals surface area contributed by atoms with Crippen LogP contribution in [0.5, 0.6) is 0 Å². The standard InChI is InChI=1S/C13H12OS/c1-9-4-3-5-12(10(9)2)13(14)11-6-7-15-8-11/h3-8H,1-2H3. The van der Waals surface area contributed by atoms with Crippen molar-refractivity contribution in [3.63, 3.8) is 0 Å². The minimum absolute atomic E-state index is 0.123. The Morgan fingerprint density at radius 3 is 2.67 bits per heavy atom. The van der Waals surface area contributed by atoms with E-state index >= 15 is 0 Å². The largest absolute Gasteiger partial charge is 0.289 e. The SMILES string of the molecule is Cc1cccc(C(=O)c2ccsc2)c1C. The summed E-state index contributed by atoms with van der Waals surface area (Å²) in [6, 6.07) is 7.72. The van der Waals surface area contributed by atoms with Gasteiger partial charge in [0.2, 0.25) is 0 Å². The number of carbonyl (C=O) groups excluding carboxylic acids is 1. The Hall–Kier alpha value is -1.41. The highest BCUT2D eigenvalue weighted by atomic mass is 32.1. The van der Waals surface area contributed by atoms with Crippen molar-refractivity contribution in [2.24, 2.45) is 0 Å². The molecule has 1 heterocycles. The number of thiophene rings is 1. The lowest BCUT2D eigenvalue weighted by molar-refractivity contribution is 0.103. The molecule has 0 bridgehead atoms. The first kappa shape index (κ1) is 10.1. The van der Waals surface area contributed by atoms with Crippen LogP contribution < -0.4 is 0 Å². The van der Waals surface area contributed by atoms with Gasteiger partial charge in [-0.25, -0.2) is 0 Å². The van der Waals surface area contributed by atoms with Crippen LogP contribution in [0.3, 0.4) is 0 Å². The summed E-state index contributed by atoms with van der Waals surface area (Å²) in [7, 11) is 0. The molecule has 0 saturated heterocycles. The maximum Gasteiger partial charge on any atom is 0.194 e. The van der Waals surface area contributed by atoms with Crippen molar-refractivity contribution < 1.29 is 4.79 Å². The summed E-state index contributed by atoms with van der Waals surface area (Å²) in [5.41, 5.74) is 3.84. The fourth-order valence-corrected chi connectivity index (χ4v) is 2.18. The zero-order valence-electron chi connectivity index (χ0n) is 8.78. The Balaban J connectivity index is 2.47. The molecular formula is C13H12OS. The van der Waals surface area contributed by atoms with Crippen molar-refractivity contribution >= 4 is 17.1 Å². The van der Waals surface area contributed by atoms with Crippen molar-refractivity contribution in [1.82, 2.24) is 0 Å². The number of ketones is 1. The third-order valence-corrected chi connectivity index (χ3v) is 3.32. The van der Waals surface area contributed by atoms with Crippen LogP contribution in [0.1, 0.15) is 27.0 Å². The zero-order chi connectivity index (χ0) is 10.8. The van der Waals surface area contributed by atoms with Crippen molar-refractivity contribution in [2.75, 3.05) is 0 Å². The fraction of sp³-hybridized carbons (Fsp3) is 0.154. The number of benzene rings is 1. The molecule has 0 aliphatic rings. The van der Waals surface area contributed by atoms with Crippen molar-refractivity contribution in [3.8, 4) is 0 Å². The van der Waals surface area contributed by atoms with E-state index in [-0.39, 0.29) is 5.78 Å². The van der Waals surface area contributed by atoms with E-state index in [1.54, 1.807) is 11.3 Å². The molecule has 0 aliphatic heterocycles. The number of rotatable bonds is 2. The Bertz CT molecular complexity index is 483. The van der Waals surface area contributed by atoms with Crippen LogP contribution in [0.25, 0.3) is 0 Å². The average molecular weight is 216 g/mol. The van der Waals surface area contributed by atoms with Gasteiger partial charge in [0.05, 0.1) is 0 Å². The molecule has 2 heteroatoms. The summed E-state index contributed by atoms with van der Waals surface area (Å²) >= 11 is 1.55. The van der Waals surface area contributed by atoms with E-state index in [0.29, 0.717) is 0 Å². The summed E-state index contributed by atoms with van der Waals surface area (Å²) in [5, 5.41) is 3.82. The summed E-state index contributed by atoms with van der Waals surface area (Å²) in [4.78, 5) is 12.1. The molecule has 1 nitrogen and oxygen atoms in total. The molecule has 0 aliphatic carbocycles. The average Bonchev–Trinajstić information content (AvgIpc) is 2.74. The van der Waals surface area contributed by atoms with Gasteiger partial charge in [-0.05, 0) is 36.4 Å². The molecule has 15 heavy (non-hydrogen) atoms. The third-order valence-electron chi connectivity index (χ3n) is 2.63. The lowest BCUT2D eigenvalue weighted by Gasteiger charge is -2.05. The third kappa shape index (κ3) is 1.85. The Morgan fingerprint density at radius 1 is 1.20 bits per heavy atom. The Morgan fingerprint density at radius 2 is 2.00 bits per heavy atom. The molecule has 0 atom stereocenters. The second-order valence-electron chi connectivity index (χ2n) is 3.59. The predicted molar refractivity (Wildman–Crippen MR) is 63.7 cm³/mol. The van der Waals surface area contributed by atoms with Crippen LogP contribution >= 0.6 is 11.3 Å². The molecule has 0 saturated carbocycles. The van der Waals surface area contributed by atoms with Crippen LogP contribution in [-0.2, 0) is 0 Å². The molecule has 0 fully saturated rings. The second kappa shape index (κ2) is 3.99. The topological polar surface area (TPSA) is 17.1 Å². The van der Waals surface area contributed by atoms with E-state index in [1.165, 1.54) is 0 Å². The van der Waals surface area contributed by atoms with Crippen LogP contribution in [0.4, 0.5) is 0 Å². The van der Waals surface area contributed by atoms with Gasteiger partial charge in [0.1, 0.15) is 0 Å². The maximum atomic E-state index is 12.1. The highest BCUT2D eigenvalue weighted by Gasteiger charge is 2.12. The molecule has 0 radical (unpaired) electrons. The van der Waals surface area contributed by atoms with Crippen molar-refractivity contribution in [3.05, 3.63) is 57.3 Å². The quantitative estimate of drug-likeness (QED) is 0.701. The summed E-state index contributed by atoms with van der Waals surface area (Å²) in [6.07, 6.45) is 0. The van der Waals surface area contributed by atoms with Gasteiger partial charge in [0.25, 0.3) is 0 Å². The van der Waals surface area contributed by atoms with Gasteiger partial charge in [-0.1, -0.05) is 18.2 Å². The van der Waals surface area contributed by atoms with Gasteiger partial charge < -0.3 is 0 Å². The molecule has 2 rings (SSSR count).